The number of sulfonamides is 1. The van der Waals surface area contributed by atoms with Gasteiger partial charge in [-0.15, -0.1) is 0 Å². The van der Waals surface area contributed by atoms with Crippen molar-refractivity contribution in [2.24, 2.45) is 0 Å². The van der Waals surface area contributed by atoms with Crippen LogP contribution in [0.2, 0.25) is 0 Å². The zero-order valence-corrected chi connectivity index (χ0v) is 14.7. The third-order valence-corrected chi connectivity index (χ3v) is 5.22. The minimum Gasteiger partial charge on any atom is -0.468 e. The minimum absolute atomic E-state index is 0.166. The van der Waals surface area contributed by atoms with Gasteiger partial charge in [-0.25, -0.2) is 8.42 Å². The molecule has 0 atom stereocenters. The van der Waals surface area contributed by atoms with Crippen molar-refractivity contribution in [1.29, 1.82) is 0 Å². The van der Waals surface area contributed by atoms with Crippen LogP contribution in [0.3, 0.4) is 0 Å². The molecule has 0 unspecified atom stereocenters. The molecule has 2 aromatic rings. The van der Waals surface area contributed by atoms with Gasteiger partial charge < -0.3 is 4.74 Å². The summed E-state index contributed by atoms with van der Waals surface area (Å²) >= 11 is 0. The second kappa shape index (κ2) is 7.78. The van der Waals surface area contributed by atoms with Gasteiger partial charge in [0.2, 0.25) is 0 Å². The summed E-state index contributed by atoms with van der Waals surface area (Å²) in [6.07, 6.45) is 0. The zero-order valence-electron chi connectivity index (χ0n) is 13.8. The molecule has 2 rings (SSSR count). The van der Waals surface area contributed by atoms with E-state index in [1.54, 1.807) is 0 Å². The van der Waals surface area contributed by atoms with E-state index >= 15 is 0 Å². The number of benzene rings is 2. The van der Waals surface area contributed by atoms with Crippen LogP contribution in [0.5, 0.6) is 0 Å². The number of anilines is 1. The molecular formula is C15H13N3O8S. The van der Waals surface area contributed by atoms with Crippen LogP contribution in [0, 0.1) is 20.2 Å². The lowest BCUT2D eigenvalue weighted by molar-refractivity contribution is -0.385. The molecule has 0 spiro atoms. The van der Waals surface area contributed by atoms with Gasteiger partial charge in [-0.05, 0) is 12.1 Å². The maximum atomic E-state index is 13.0. The Morgan fingerprint density at radius 2 is 1.59 bits per heavy atom. The van der Waals surface area contributed by atoms with Crippen molar-refractivity contribution < 1.29 is 27.8 Å². The van der Waals surface area contributed by atoms with Gasteiger partial charge in [-0.1, -0.05) is 12.1 Å². The number of hydrogen-bond acceptors (Lipinski definition) is 8. The molecular weight excluding hydrogens is 382 g/mol. The normalized spacial score (nSPS) is 10.9. The molecule has 142 valence electrons. The third kappa shape index (κ3) is 4.36. The first-order valence-corrected chi connectivity index (χ1v) is 8.69. The Bertz CT molecular complexity index is 1010. The highest BCUT2D eigenvalue weighted by Crippen LogP contribution is 2.28. The fraction of sp³-hybridized carbons (Fsp3) is 0.133. The summed E-state index contributed by atoms with van der Waals surface area (Å²) in [5.74, 6) is -0.921. The molecule has 11 nitrogen and oxygen atoms in total. The Hall–Kier alpha value is -3.54. The lowest BCUT2D eigenvalue weighted by atomic mass is 10.3. The second-order valence-electron chi connectivity index (χ2n) is 5.12. The first-order chi connectivity index (χ1) is 12.7. The highest BCUT2D eigenvalue weighted by molar-refractivity contribution is 7.92. The minimum atomic E-state index is -4.45. The molecule has 0 saturated carbocycles. The molecule has 2 aromatic carbocycles. The van der Waals surface area contributed by atoms with Gasteiger partial charge in [0.05, 0.1) is 27.5 Å². The second-order valence-corrected chi connectivity index (χ2v) is 6.98. The molecule has 0 aliphatic heterocycles. The van der Waals surface area contributed by atoms with Crippen LogP contribution < -0.4 is 4.31 Å². The van der Waals surface area contributed by atoms with Gasteiger partial charge in [0.25, 0.3) is 21.4 Å². The van der Waals surface area contributed by atoms with Crippen molar-refractivity contribution in [2.45, 2.75) is 4.90 Å². The average molecular weight is 395 g/mol. The molecule has 0 aromatic heterocycles. The molecule has 0 N–H and O–H groups in total. The number of rotatable bonds is 7. The number of hydrogen-bond donors (Lipinski definition) is 0. The van der Waals surface area contributed by atoms with Crippen LogP contribution in [0.1, 0.15) is 0 Å². The number of ether oxygens (including phenoxy) is 1. The fourth-order valence-corrected chi connectivity index (χ4v) is 3.58. The predicted octanol–water partition coefficient (Wildman–Crippen LogP) is 1.87. The Morgan fingerprint density at radius 3 is 2.15 bits per heavy atom. The topological polar surface area (TPSA) is 150 Å². The molecule has 12 heteroatoms. The van der Waals surface area contributed by atoms with Crippen molar-refractivity contribution in [3.05, 3.63) is 68.8 Å². The molecule has 27 heavy (non-hydrogen) atoms. The Balaban J connectivity index is 2.61. The summed E-state index contributed by atoms with van der Waals surface area (Å²) in [6.45, 7) is -0.775. The molecule has 0 heterocycles. The number of esters is 1. The van der Waals surface area contributed by atoms with E-state index in [9.17, 15) is 33.4 Å². The average Bonchev–Trinajstić information content (AvgIpc) is 2.65. The van der Waals surface area contributed by atoms with E-state index in [1.165, 1.54) is 18.2 Å². The summed E-state index contributed by atoms with van der Waals surface area (Å²) in [7, 11) is -3.40. The molecule has 0 fully saturated rings. The lowest BCUT2D eigenvalue weighted by Crippen LogP contribution is -2.36. The lowest BCUT2D eigenvalue weighted by Gasteiger charge is -2.23. The Morgan fingerprint density at radius 1 is 1.04 bits per heavy atom. The van der Waals surface area contributed by atoms with Crippen molar-refractivity contribution in [2.75, 3.05) is 18.0 Å². The van der Waals surface area contributed by atoms with Crippen molar-refractivity contribution in [3.63, 3.8) is 0 Å². The quantitative estimate of drug-likeness (QED) is 0.391. The zero-order chi connectivity index (χ0) is 20.2. The van der Waals surface area contributed by atoms with Crippen LogP contribution in [-0.4, -0.2) is 37.9 Å². The van der Waals surface area contributed by atoms with E-state index < -0.39 is 48.7 Å². The van der Waals surface area contributed by atoms with Gasteiger partial charge in [0.15, 0.2) is 0 Å². The number of carbonyl (C=O) groups is 1. The van der Waals surface area contributed by atoms with E-state index in [1.807, 2.05) is 0 Å². The number of carbonyl (C=O) groups excluding carboxylic acids is 1. The standard InChI is InChI=1S/C15H13N3O8S/c1-26-15(19)10-16(11-4-2-5-12(8-11)17(20)21)27(24,25)14-7-3-6-13(9-14)18(22)23/h2-9H,10H2,1H3. The smallest absolute Gasteiger partial charge is 0.326 e. The van der Waals surface area contributed by atoms with Gasteiger partial charge in [-0.2, -0.15) is 0 Å². The van der Waals surface area contributed by atoms with Crippen LogP contribution in [0.25, 0.3) is 0 Å². The highest BCUT2D eigenvalue weighted by atomic mass is 32.2. The van der Waals surface area contributed by atoms with Gasteiger partial charge >= 0.3 is 5.97 Å². The Labute approximate surface area is 153 Å². The molecule has 0 amide bonds. The first kappa shape index (κ1) is 19.8. The van der Waals surface area contributed by atoms with Gasteiger partial charge in [0, 0.05) is 24.3 Å². The summed E-state index contributed by atoms with van der Waals surface area (Å²) < 4.78 is 31.0. The number of nitrogens with zero attached hydrogens (tertiary/aromatic N) is 3. The molecule has 0 aliphatic carbocycles. The molecule has 0 aliphatic rings. The van der Waals surface area contributed by atoms with E-state index in [0.717, 1.165) is 37.4 Å². The van der Waals surface area contributed by atoms with Crippen molar-refractivity contribution in [1.82, 2.24) is 0 Å². The summed E-state index contributed by atoms with van der Waals surface area (Å²) in [4.78, 5) is 31.6. The Kier molecular flexibility index (Phi) is 5.70. The van der Waals surface area contributed by atoms with Crippen LogP contribution in [0.4, 0.5) is 17.1 Å². The summed E-state index contributed by atoms with van der Waals surface area (Å²) in [5.41, 5.74) is -1.02. The van der Waals surface area contributed by atoms with E-state index in [4.69, 9.17) is 0 Å². The SMILES string of the molecule is COC(=O)CN(c1cccc([N+](=O)[O-])c1)S(=O)(=O)c1cccc([N+](=O)[O-])c1. The number of nitro groups is 2. The van der Waals surface area contributed by atoms with E-state index in [0.29, 0.717) is 4.31 Å². The van der Waals surface area contributed by atoms with Crippen molar-refractivity contribution in [3.8, 4) is 0 Å². The van der Waals surface area contributed by atoms with Crippen LogP contribution in [-0.2, 0) is 19.6 Å². The van der Waals surface area contributed by atoms with E-state index in [-0.39, 0.29) is 5.69 Å². The highest BCUT2D eigenvalue weighted by Gasteiger charge is 2.29. The summed E-state index contributed by atoms with van der Waals surface area (Å²) in [6, 6.07) is 8.86. The molecule has 0 radical (unpaired) electrons. The third-order valence-electron chi connectivity index (χ3n) is 3.45. The largest absolute Gasteiger partial charge is 0.468 e. The molecule has 0 saturated heterocycles. The van der Waals surface area contributed by atoms with Gasteiger partial charge in [-0.3, -0.25) is 29.3 Å². The van der Waals surface area contributed by atoms with Crippen LogP contribution >= 0.6 is 0 Å². The number of methoxy groups -OCH3 is 1. The van der Waals surface area contributed by atoms with Gasteiger partial charge in [0.1, 0.15) is 6.54 Å². The molecule has 0 bridgehead atoms. The first-order valence-electron chi connectivity index (χ1n) is 7.25. The fourth-order valence-electron chi connectivity index (χ4n) is 2.14. The maximum Gasteiger partial charge on any atom is 0.326 e. The number of nitro benzene ring substituents is 2. The number of non-ortho nitro benzene ring substituents is 2. The van der Waals surface area contributed by atoms with Crippen LogP contribution in [0.15, 0.2) is 53.4 Å². The predicted molar refractivity (Wildman–Crippen MR) is 92.7 cm³/mol. The monoisotopic (exact) mass is 395 g/mol. The summed E-state index contributed by atoms with van der Waals surface area (Å²) in [5, 5.41) is 21.9. The van der Waals surface area contributed by atoms with E-state index in [2.05, 4.69) is 4.74 Å². The van der Waals surface area contributed by atoms with Crippen molar-refractivity contribution >= 4 is 33.1 Å². The maximum absolute atomic E-state index is 13.0.